The summed E-state index contributed by atoms with van der Waals surface area (Å²) < 4.78 is 6.59. The van der Waals surface area contributed by atoms with Gasteiger partial charge in [0.25, 0.3) is 0 Å². The molecule has 0 aromatic rings. The topological polar surface area (TPSA) is 9.23 Å². The van der Waals surface area contributed by atoms with Gasteiger partial charge < -0.3 is 4.43 Å². The van der Waals surface area contributed by atoms with E-state index >= 15 is 0 Å². The minimum Gasteiger partial charge on any atom is -0.414 e. The van der Waals surface area contributed by atoms with Crippen molar-refractivity contribution in [3.8, 4) is 11.8 Å². The van der Waals surface area contributed by atoms with Gasteiger partial charge in [-0.15, -0.1) is 11.8 Å². The Hall–Kier alpha value is -0.523. The first-order valence-corrected chi connectivity index (χ1v) is 13.5. The predicted molar refractivity (Wildman–Crippen MR) is 107 cm³/mol. The van der Waals surface area contributed by atoms with E-state index in [9.17, 15) is 0 Å². The Morgan fingerprint density at radius 2 is 2.08 bits per heavy atom. The summed E-state index contributed by atoms with van der Waals surface area (Å²) in [7, 11) is -1.47. The third kappa shape index (κ3) is 4.76. The van der Waals surface area contributed by atoms with Crippen LogP contribution in [-0.2, 0) is 4.43 Å². The average Bonchev–Trinajstić information content (AvgIpc) is 2.83. The summed E-state index contributed by atoms with van der Waals surface area (Å²) in [5.41, 5.74) is 2.04. The summed E-state index contributed by atoms with van der Waals surface area (Å²) in [5, 5.41) is 0. The average molecular weight is 347 g/mol. The molecule has 0 N–H and O–H groups in total. The lowest BCUT2D eigenvalue weighted by atomic mass is 9.63. The Kier molecular flexibility index (Phi) is 6.79. The highest BCUT2D eigenvalue weighted by atomic mass is 28.4. The van der Waals surface area contributed by atoms with E-state index < -0.39 is 8.32 Å². The molecule has 0 aromatic heterocycles. The van der Waals surface area contributed by atoms with Crippen molar-refractivity contribution in [2.24, 2.45) is 17.3 Å². The van der Waals surface area contributed by atoms with Gasteiger partial charge in [0.2, 0.25) is 0 Å². The zero-order valence-electron chi connectivity index (χ0n) is 16.9. The molecule has 2 aliphatic carbocycles. The summed E-state index contributed by atoms with van der Waals surface area (Å²) in [4.78, 5) is 0. The van der Waals surface area contributed by atoms with Gasteiger partial charge >= 0.3 is 0 Å². The lowest BCUT2D eigenvalue weighted by molar-refractivity contribution is 0.0203. The number of unbranched alkanes of at least 4 members (excludes halogenated alkanes) is 2. The summed E-state index contributed by atoms with van der Waals surface area (Å²) in [6, 6.07) is 0. The Morgan fingerprint density at radius 1 is 1.33 bits per heavy atom. The highest BCUT2D eigenvalue weighted by molar-refractivity contribution is 6.69. The molecule has 0 aromatic carbocycles. The second-order valence-corrected chi connectivity index (χ2v) is 13.6. The van der Waals surface area contributed by atoms with Crippen LogP contribution in [0.15, 0.2) is 11.6 Å². The fourth-order valence-corrected chi connectivity index (χ4v) is 5.96. The number of rotatable bonds is 6. The van der Waals surface area contributed by atoms with Crippen molar-refractivity contribution in [3.05, 3.63) is 11.6 Å². The van der Waals surface area contributed by atoms with Gasteiger partial charge in [-0.1, -0.05) is 45.3 Å². The van der Waals surface area contributed by atoms with Crippen LogP contribution >= 0.6 is 0 Å². The molecule has 0 amide bonds. The quantitative estimate of drug-likeness (QED) is 0.229. The third-order valence-electron chi connectivity index (χ3n) is 5.93. The second kappa shape index (κ2) is 8.24. The van der Waals surface area contributed by atoms with E-state index in [1.54, 1.807) is 5.57 Å². The normalized spacial score (nSPS) is 31.0. The lowest BCUT2D eigenvalue weighted by Crippen LogP contribution is -2.45. The molecule has 0 radical (unpaired) electrons. The summed E-state index contributed by atoms with van der Waals surface area (Å²) in [6.45, 7) is 14.1. The summed E-state index contributed by atoms with van der Waals surface area (Å²) >= 11 is 0. The Labute approximate surface area is 151 Å². The van der Waals surface area contributed by atoms with Crippen LogP contribution in [0.4, 0.5) is 0 Å². The van der Waals surface area contributed by atoms with Crippen molar-refractivity contribution in [2.75, 3.05) is 0 Å². The highest BCUT2D eigenvalue weighted by Crippen LogP contribution is 2.55. The fraction of sp³-hybridized carbons (Fsp3) is 0.818. The van der Waals surface area contributed by atoms with E-state index in [1.807, 2.05) is 0 Å². The molecule has 0 spiro atoms. The maximum atomic E-state index is 6.59. The van der Waals surface area contributed by atoms with Gasteiger partial charge in [-0.3, -0.25) is 0 Å². The van der Waals surface area contributed by atoms with Crippen molar-refractivity contribution in [2.45, 2.75) is 97.9 Å². The third-order valence-corrected chi connectivity index (χ3v) is 6.94. The molecule has 1 nitrogen and oxygen atoms in total. The van der Waals surface area contributed by atoms with Gasteiger partial charge in [-0.2, -0.15) is 0 Å². The van der Waals surface area contributed by atoms with Gasteiger partial charge in [0, 0.05) is 18.9 Å². The first-order chi connectivity index (χ1) is 11.3. The molecule has 0 aliphatic heterocycles. The molecule has 4 atom stereocenters. The molecular weight excluding hydrogens is 308 g/mol. The van der Waals surface area contributed by atoms with Crippen LogP contribution < -0.4 is 0 Å². The van der Waals surface area contributed by atoms with Crippen molar-refractivity contribution < 1.29 is 4.43 Å². The molecule has 1 saturated carbocycles. The minimum absolute atomic E-state index is 0.354. The van der Waals surface area contributed by atoms with Crippen molar-refractivity contribution in [1.82, 2.24) is 0 Å². The van der Waals surface area contributed by atoms with Crippen LogP contribution in [-0.4, -0.2) is 14.4 Å². The van der Waals surface area contributed by atoms with Gasteiger partial charge in [0.1, 0.15) is 0 Å². The second-order valence-electron chi connectivity index (χ2n) is 9.14. The first-order valence-electron chi connectivity index (χ1n) is 10.1. The zero-order valence-corrected chi connectivity index (χ0v) is 17.9. The van der Waals surface area contributed by atoms with Crippen molar-refractivity contribution in [1.29, 1.82) is 0 Å². The SMILES string of the molecule is CCCCC#CC[C@@H](C)C1=CC[C@H]2[C@@H](O[Si](C)(C)C)CCC[C@]12C. The molecular formula is C22H38OSi. The number of hydrogen-bond acceptors (Lipinski definition) is 1. The molecule has 24 heavy (non-hydrogen) atoms. The highest BCUT2D eigenvalue weighted by Gasteiger charge is 2.49. The van der Waals surface area contributed by atoms with E-state index in [2.05, 4.69) is 58.3 Å². The van der Waals surface area contributed by atoms with Crippen molar-refractivity contribution >= 4 is 8.32 Å². The van der Waals surface area contributed by atoms with Crippen molar-refractivity contribution in [3.63, 3.8) is 0 Å². The molecule has 136 valence electrons. The van der Waals surface area contributed by atoms with E-state index in [0.29, 0.717) is 23.4 Å². The monoisotopic (exact) mass is 346 g/mol. The lowest BCUT2D eigenvalue weighted by Gasteiger charge is -2.46. The van der Waals surface area contributed by atoms with Crippen LogP contribution in [0.2, 0.25) is 19.6 Å². The fourth-order valence-electron chi connectivity index (χ4n) is 4.77. The van der Waals surface area contributed by atoms with E-state index in [1.165, 1.54) is 38.5 Å². The van der Waals surface area contributed by atoms with Crippen LogP contribution in [0.3, 0.4) is 0 Å². The van der Waals surface area contributed by atoms with Gasteiger partial charge in [-0.25, -0.2) is 0 Å². The Balaban J connectivity index is 2.01. The standard InChI is InChI=1S/C22H38OSi/c1-7-8-9-10-11-13-18(2)19-15-16-20-21(23-24(4,5)6)14-12-17-22(19,20)3/h15,18,20-21H,7-9,12-14,16-17H2,1-6H3/t18-,20+,21+,22-/m1/s1. The summed E-state index contributed by atoms with van der Waals surface area (Å²) in [6.07, 6.45) is 12.7. The van der Waals surface area contributed by atoms with Crippen LogP contribution in [0.1, 0.15) is 72.1 Å². The largest absolute Gasteiger partial charge is 0.414 e. The molecule has 1 fully saturated rings. The first kappa shape index (κ1) is 19.8. The number of allylic oxidation sites excluding steroid dienone is 2. The van der Waals surface area contributed by atoms with Crippen LogP contribution in [0.5, 0.6) is 0 Å². The van der Waals surface area contributed by atoms with Gasteiger partial charge in [-0.05, 0) is 62.6 Å². The number of fused-ring (bicyclic) bond motifs is 1. The predicted octanol–water partition coefficient (Wildman–Crippen LogP) is 6.56. The van der Waals surface area contributed by atoms with Crippen LogP contribution in [0, 0.1) is 29.1 Å². The molecule has 0 saturated heterocycles. The Morgan fingerprint density at radius 3 is 2.75 bits per heavy atom. The molecule has 0 heterocycles. The molecule has 0 bridgehead atoms. The summed E-state index contributed by atoms with van der Waals surface area (Å²) in [5.74, 6) is 8.11. The zero-order chi connectivity index (χ0) is 17.8. The molecule has 2 aliphatic rings. The minimum atomic E-state index is -1.47. The van der Waals surface area contributed by atoms with E-state index in [-0.39, 0.29) is 0 Å². The maximum Gasteiger partial charge on any atom is 0.184 e. The molecule has 2 rings (SSSR count). The van der Waals surface area contributed by atoms with E-state index in [0.717, 1.165) is 12.8 Å². The van der Waals surface area contributed by atoms with Gasteiger partial charge in [0.05, 0.1) is 0 Å². The Bertz CT molecular complexity index is 504. The molecule has 2 heteroatoms. The molecule has 0 unspecified atom stereocenters. The van der Waals surface area contributed by atoms with Crippen LogP contribution in [0.25, 0.3) is 0 Å². The number of hydrogen-bond donors (Lipinski definition) is 0. The maximum absolute atomic E-state index is 6.59. The smallest absolute Gasteiger partial charge is 0.184 e. The van der Waals surface area contributed by atoms with Gasteiger partial charge in [0.15, 0.2) is 8.32 Å². The van der Waals surface area contributed by atoms with E-state index in [4.69, 9.17) is 4.43 Å².